The molecule has 1 aliphatic rings. The van der Waals surface area contributed by atoms with E-state index >= 15 is 0 Å². The number of methoxy groups -OCH3 is 3. The minimum Gasteiger partial charge on any atom is -0.493 e. The Morgan fingerprint density at radius 1 is 1.13 bits per heavy atom. The lowest BCUT2D eigenvalue weighted by Crippen LogP contribution is -2.47. The summed E-state index contributed by atoms with van der Waals surface area (Å²) in [6, 6.07) is 8.55. The van der Waals surface area contributed by atoms with Gasteiger partial charge < -0.3 is 29.7 Å². The standard InChI is InChI=1S/C22H26FN3O5/c1-29-13-21(27)24-12-18-17-11-20(31-3)19(30-2)9-14(17)7-8-26(18)22(28)25-16-6-4-5-15(23)10-16/h4-6,9-11,18H,7-8,12-13H2,1-3H3,(H,24,27)(H,25,28)/t18-/m1/s1. The lowest BCUT2D eigenvalue weighted by Gasteiger charge is -2.37. The Hall–Kier alpha value is -3.33. The number of halogens is 1. The number of amides is 3. The number of fused-ring (bicyclic) bond motifs is 1. The van der Waals surface area contributed by atoms with Crippen LogP contribution >= 0.6 is 0 Å². The first kappa shape index (κ1) is 22.4. The van der Waals surface area contributed by atoms with Crippen LogP contribution in [0.25, 0.3) is 0 Å². The SMILES string of the molecule is COCC(=O)NC[C@@H]1c2cc(OC)c(OC)cc2CCN1C(=O)Nc1cccc(F)c1. The van der Waals surface area contributed by atoms with Crippen molar-refractivity contribution < 1.29 is 28.2 Å². The minimum atomic E-state index is -0.460. The zero-order valence-electron chi connectivity index (χ0n) is 17.7. The van der Waals surface area contributed by atoms with Crippen molar-refractivity contribution in [1.82, 2.24) is 10.2 Å². The van der Waals surface area contributed by atoms with Gasteiger partial charge in [-0.1, -0.05) is 6.07 Å². The maximum Gasteiger partial charge on any atom is 0.322 e. The van der Waals surface area contributed by atoms with Crippen molar-refractivity contribution in [1.29, 1.82) is 0 Å². The highest BCUT2D eigenvalue weighted by atomic mass is 19.1. The number of carbonyl (C=O) groups is 2. The van der Waals surface area contributed by atoms with E-state index in [0.717, 1.165) is 11.1 Å². The molecule has 0 spiro atoms. The summed E-state index contributed by atoms with van der Waals surface area (Å²) >= 11 is 0. The summed E-state index contributed by atoms with van der Waals surface area (Å²) < 4.78 is 29.2. The third-order valence-electron chi connectivity index (χ3n) is 5.11. The maximum absolute atomic E-state index is 13.5. The second-order valence-corrected chi connectivity index (χ2v) is 7.04. The van der Waals surface area contributed by atoms with Gasteiger partial charge >= 0.3 is 6.03 Å². The molecule has 0 radical (unpaired) electrons. The van der Waals surface area contributed by atoms with E-state index in [1.54, 1.807) is 18.1 Å². The van der Waals surface area contributed by atoms with E-state index in [4.69, 9.17) is 14.2 Å². The Morgan fingerprint density at radius 3 is 2.55 bits per heavy atom. The van der Waals surface area contributed by atoms with Gasteiger partial charge in [0.05, 0.1) is 20.3 Å². The number of rotatable bonds is 7. The molecule has 0 aliphatic carbocycles. The van der Waals surface area contributed by atoms with E-state index < -0.39 is 17.9 Å². The number of urea groups is 1. The van der Waals surface area contributed by atoms with Crippen molar-refractivity contribution in [3.63, 3.8) is 0 Å². The number of carbonyl (C=O) groups excluding carboxylic acids is 2. The summed E-state index contributed by atoms with van der Waals surface area (Å²) in [5, 5.41) is 5.53. The third-order valence-corrected chi connectivity index (χ3v) is 5.11. The number of benzene rings is 2. The molecule has 0 saturated carbocycles. The highest BCUT2D eigenvalue weighted by molar-refractivity contribution is 5.90. The average Bonchev–Trinajstić information content (AvgIpc) is 2.76. The molecule has 2 N–H and O–H groups in total. The highest BCUT2D eigenvalue weighted by Gasteiger charge is 2.32. The topological polar surface area (TPSA) is 89.1 Å². The number of anilines is 1. The van der Waals surface area contributed by atoms with Crippen molar-refractivity contribution >= 4 is 17.6 Å². The second kappa shape index (κ2) is 10.1. The normalized spacial score (nSPS) is 15.1. The number of nitrogens with one attached hydrogen (secondary N) is 2. The highest BCUT2D eigenvalue weighted by Crippen LogP contribution is 2.38. The smallest absolute Gasteiger partial charge is 0.322 e. The molecule has 2 aromatic carbocycles. The Kier molecular flexibility index (Phi) is 7.30. The molecule has 9 heteroatoms. The van der Waals surface area contributed by atoms with Gasteiger partial charge in [-0.05, 0) is 47.9 Å². The molecular formula is C22H26FN3O5. The van der Waals surface area contributed by atoms with Gasteiger partial charge in [0.1, 0.15) is 12.4 Å². The van der Waals surface area contributed by atoms with Gasteiger partial charge in [0.25, 0.3) is 0 Å². The zero-order chi connectivity index (χ0) is 22.4. The van der Waals surface area contributed by atoms with Crippen LogP contribution in [0.2, 0.25) is 0 Å². The quantitative estimate of drug-likeness (QED) is 0.704. The Bertz CT molecular complexity index is 953. The molecule has 0 unspecified atom stereocenters. The minimum absolute atomic E-state index is 0.0823. The molecule has 3 amide bonds. The largest absolute Gasteiger partial charge is 0.493 e. The monoisotopic (exact) mass is 431 g/mol. The lowest BCUT2D eigenvalue weighted by atomic mass is 9.91. The number of hydrogen-bond donors (Lipinski definition) is 2. The Balaban J connectivity index is 1.90. The molecule has 1 aliphatic heterocycles. The lowest BCUT2D eigenvalue weighted by molar-refractivity contribution is -0.124. The van der Waals surface area contributed by atoms with Gasteiger partial charge in [0.15, 0.2) is 11.5 Å². The van der Waals surface area contributed by atoms with E-state index in [-0.39, 0.29) is 19.1 Å². The molecule has 2 aromatic rings. The van der Waals surface area contributed by atoms with Crippen LogP contribution in [-0.2, 0) is 16.0 Å². The summed E-state index contributed by atoms with van der Waals surface area (Å²) in [4.78, 5) is 26.6. The first-order chi connectivity index (χ1) is 15.0. The molecule has 0 aromatic heterocycles. The van der Waals surface area contributed by atoms with Gasteiger partial charge in [-0.15, -0.1) is 0 Å². The van der Waals surface area contributed by atoms with Crippen LogP contribution in [0.3, 0.4) is 0 Å². The number of hydrogen-bond acceptors (Lipinski definition) is 5. The molecule has 166 valence electrons. The van der Waals surface area contributed by atoms with E-state index in [2.05, 4.69) is 10.6 Å². The molecule has 31 heavy (non-hydrogen) atoms. The van der Waals surface area contributed by atoms with Crippen LogP contribution in [0.4, 0.5) is 14.9 Å². The Morgan fingerprint density at radius 2 is 1.87 bits per heavy atom. The first-order valence-corrected chi connectivity index (χ1v) is 9.80. The average molecular weight is 431 g/mol. The van der Waals surface area contributed by atoms with Crippen LogP contribution < -0.4 is 20.1 Å². The van der Waals surface area contributed by atoms with Gasteiger partial charge in [0.2, 0.25) is 5.91 Å². The van der Waals surface area contributed by atoms with Crippen LogP contribution in [0, 0.1) is 5.82 Å². The number of ether oxygens (including phenoxy) is 3. The Labute approximate surface area is 180 Å². The fraction of sp³-hybridized carbons (Fsp3) is 0.364. The van der Waals surface area contributed by atoms with E-state index in [1.807, 2.05) is 12.1 Å². The first-order valence-electron chi connectivity index (χ1n) is 9.80. The predicted molar refractivity (Wildman–Crippen MR) is 113 cm³/mol. The molecule has 1 atom stereocenters. The predicted octanol–water partition coefficient (Wildman–Crippen LogP) is 2.74. The van der Waals surface area contributed by atoms with Crippen molar-refractivity contribution in [3.8, 4) is 11.5 Å². The van der Waals surface area contributed by atoms with Crippen molar-refractivity contribution in [2.75, 3.05) is 46.3 Å². The molecule has 8 nitrogen and oxygen atoms in total. The molecule has 0 bridgehead atoms. The summed E-state index contributed by atoms with van der Waals surface area (Å²) in [6.07, 6.45) is 0.592. The molecule has 0 fully saturated rings. The second-order valence-electron chi connectivity index (χ2n) is 7.04. The summed E-state index contributed by atoms with van der Waals surface area (Å²) in [7, 11) is 4.54. The summed E-state index contributed by atoms with van der Waals surface area (Å²) in [6.45, 7) is 0.511. The van der Waals surface area contributed by atoms with Crippen molar-refractivity contribution in [2.45, 2.75) is 12.5 Å². The van der Waals surface area contributed by atoms with Crippen LogP contribution in [0.5, 0.6) is 11.5 Å². The van der Waals surface area contributed by atoms with E-state index in [0.29, 0.717) is 30.2 Å². The van der Waals surface area contributed by atoms with Gasteiger partial charge in [-0.3, -0.25) is 4.79 Å². The van der Waals surface area contributed by atoms with Crippen LogP contribution in [0.1, 0.15) is 17.2 Å². The van der Waals surface area contributed by atoms with Crippen LogP contribution in [0.15, 0.2) is 36.4 Å². The maximum atomic E-state index is 13.5. The fourth-order valence-electron chi connectivity index (χ4n) is 3.65. The molecule has 1 heterocycles. The van der Waals surface area contributed by atoms with Crippen molar-refractivity contribution in [3.05, 3.63) is 53.3 Å². The molecule has 0 saturated heterocycles. The zero-order valence-corrected chi connectivity index (χ0v) is 17.7. The summed E-state index contributed by atoms with van der Waals surface area (Å²) in [5.41, 5.74) is 2.19. The van der Waals surface area contributed by atoms with Gasteiger partial charge in [-0.25, -0.2) is 9.18 Å². The third kappa shape index (κ3) is 5.24. The van der Waals surface area contributed by atoms with Gasteiger partial charge in [0, 0.05) is 25.9 Å². The van der Waals surface area contributed by atoms with Crippen LogP contribution in [-0.4, -0.2) is 57.9 Å². The fourth-order valence-corrected chi connectivity index (χ4v) is 3.65. The van der Waals surface area contributed by atoms with Crippen molar-refractivity contribution in [2.24, 2.45) is 0 Å². The van der Waals surface area contributed by atoms with E-state index in [9.17, 15) is 14.0 Å². The summed E-state index contributed by atoms with van der Waals surface area (Å²) in [5.74, 6) is 0.394. The molecule has 3 rings (SSSR count). The molecular weight excluding hydrogens is 405 g/mol. The van der Waals surface area contributed by atoms with Gasteiger partial charge in [-0.2, -0.15) is 0 Å². The number of nitrogens with zero attached hydrogens (tertiary/aromatic N) is 1. The van der Waals surface area contributed by atoms with E-state index in [1.165, 1.54) is 32.4 Å².